The van der Waals surface area contributed by atoms with Gasteiger partial charge in [-0.15, -0.1) is 24.8 Å². The molecule has 0 bridgehead atoms. The topological polar surface area (TPSA) is 68.7 Å². The van der Waals surface area contributed by atoms with Gasteiger partial charge in [0.05, 0.1) is 18.2 Å². The van der Waals surface area contributed by atoms with Crippen molar-refractivity contribution in [1.82, 2.24) is 4.98 Å². The lowest BCUT2D eigenvalue weighted by Crippen LogP contribution is -2.20. The van der Waals surface area contributed by atoms with Crippen LogP contribution in [0, 0.1) is 0 Å². The Hall–Kier alpha value is -1.70. The Labute approximate surface area is 110 Å². The van der Waals surface area contributed by atoms with Crippen LogP contribution in [0.2, 0.25) is 0 Å². The average Bonchev–Trinajstić information content (AvgIpc) is 2.27. The van der Waals surface area contributed by atoms with Crippen molar-refractivity contribution in [2.75, 3.05) is 6.61 Å². The summed E-state index contributed by atoms with van der Waals surface area (Å²) >= 11 is 5.43. The van der Waals surface area contributed by atoms with Crippen LogP contribution in [0.15, 0.2) is 6.07 Å². The molecule has 0 aliphatic heterocycles. The number of hydrogen-bond acceptors (Lipinski definition) is 5. The fraction of sp³-hybridized carbons (Fsp3) is 0.400. The van der Waals surface area contributed by atoms with Gasteiger partial charge in [-0.25, -0.2) is 9.78 Å². The molecule has 1 N–H and O–H groups in total. The molecule has 0 saturated heterocycles. The standard InChI is InChI=1S/C10H9ClF3NO4/c1-2-18-9(17)8-7(19-10(12,13)14)3-6(16)5(4-11)15-8/h3,16H,2,4H2,1H3. The molecule has 0 aliphatic carbocycles. The van der Waals surface area contributed by atoms with E-state index < -0.39 is 29.5 Å². The van der Waals surface area contributed by atoms with Gasteiger partial charge in [0.25, 0.3) is 0 Å². The highest BCUT2D eigenvalue weighted by Crippen LogP contribution is 2.31. The second-order valence-electron chi connectivity index (χ2n) is 3.20. The smallest absolute Gasteiger partial charge is 0.506 e. The van der Waals surface area contributed by atoms with Crippen LogP contribution < -0.4 is 4.74 Å². The fourth-order valence-corrected chi connectivity index (χ4v) is 1.37. The summed E-state index contributed by atoms with van der Waals surface area (Å²) in [6.45, 7) is 1.42. The second-order valence-corrected chi connectivity index (χ2v) is 3.47. The summed E-state index contributed by atoms with van der Waals surface area (Å²) in [5.74, 6) is -2.95. The number of esters is 1. The highest BCUT2D eigenvalue weighted by atomic mass is 35.5. The van der Waals surface area contributed by atoms with Gasteiger partial charge in [0, 0.05) is 6.07 Å². The van der Waals surface area contributed by atoms with Crippen molar-refractivity contribution in [2.45, 2.75) is 19.2 Å². The van der Waals surface area contributed by atoms with Crippen molar-refractivity contribution in [3.63, 3.8) is 0 Å². The molecule has 0 unspecified atom stereocenters. The van der Waals surface area contributed by atoms with Crippen LogP contribution in [0.4, 0.5) is 13.2 Å². The lowest BCUT2D eigenvalue weighted by molar-refractivity contribution is -0.274. The van der Waals surface area contributed by atoms with Gasteiger partial charge in [0.15, 0.2) is 11.4 Å². The maximum absolute atomic E-state index is 12.2. The van der Waals surface area contributed by atoms with Crippen molar-refractivity contribution in [3.05, 3.63) is 17.5 Å². The van der Waals surface area contributed by atoms with Crippen molar-refractivity contribution >= 4 is 17.6 Å². The third kappa shape index (κ3) is 4.16. The van der Waals surface area contributed by atoms with Gasteiger partial charge in [-0.05, 0) is 6.92 Å². The lowest BCUT2D eigenvalue weighted by Gasteiger charge is -2.13. The lowest BCUT2D eigenvalue weighted by atomic mass is 10.2. The monoisotopic (exact) mass is 299 g/mol. The van der Waals surface area contributed by atoms with Crippen LogP contribution in [0.3, 0.4) is 0 Å². The number of carbonyl (C=O) groups excluding carboxylic acids is 1. The number of rotatable bonds is 4. The molecule has 106 valence electrons. The molecule has 0 saturated carbocycles. The average molecular weight is 300 g/mol. The molecule has 1 rings (SSSR count). The van der Waals surface area contributed by atoms with Gasteiger partial charge in [-0.3, -0.25) is 0 Å². The van der Waals surface area contributed by atoms with Crippen LogP contribution >= 0.6 is 11.6 Å². The molecule has 1 aromatic heterocycles. The van der Waals surface area contributed by atoms with E-state index in [4.69, 9.17) is 11.6 Å². The molecule has 0 spiro atoms. The maximum Gasteiger partial charge on any atom is 0.573 e. The minimum Gasteiger partial charge on any atom is -0.506 e. The number of alkyl halides is 4. The zero-order valence-electron chi connectivity index (χ0n) is 9.62. The van der Waals surface area contributed by atoms with Crippen molar-refractivity contribution in [1.29, 1.82) is 0 Å². The molecule has 0 aromatic carbocycles. The van der Waals surface area contributed by atoms with E-state index in [1.54, 1.807) is 0 Å². The van der Waals surface area contributed by atoms with E-state index in [2.05, 4.69) is 14.5 Å². The van der Waals surface area contributed by atoms with Crippen LogP contribution in [0.1, 0.15) is 23.1 Å². The Morgan fingerprint density at radius 2 is 2.16 bits per heavy atom. The summed E-state index contributed by atoms with van der Waals surface area (Å²) in [7, 11) is 0. The first kappa shape index (κ1) is 15.4. The first-order chi connectivity index (χ1) is 8.78. The molecule has 1 aromatic rings. The van der Waals surface area contributed by atoms with Gasteiger partial charge >= 0.3 is 12.3 Å². The number of halogens is 4. The predicted octanol–water partition coefficient (Wildman–Crippen LogP) is 2.60. The Balaban J connectivity index is 3.26. The minimum atomic E-state index is -5.03. The molecule has 5 nitrogen and oxygen atoms in total. The zero-order valence-corrected chi connectivity index (χ0v) is 10.4. The molecule has 0 aliphatic rings. The summed E-state index contributed by atoms with van der Waals surface area (Å²) in [5, 5.41) is 9.38. The molecule has 1 heterocycles. The first-order valence-electron chi connectivity index (χ1n) is 5.00. The number of aromatic hydroxyl groups is 1. The van der Waals surface area contributed by atoms with Gasteiger partial charge in [-0.1, -0.05) is 0 Å². The normalized spacial score (nSPS) is 11.2. The Morgan fingerprint density at radius 1 is 1.53 bits per heavy atom. The summed E-state index contributed by atoms with van der Waals surface area (Å²) in [4.78, 5) is 15.0. The van der Waals surface area contributed by atoms with E-state index >= 15 is 0 Å². The quantitative estimate of drug-likeness (QED) is 0.683. The molecular weight excluding hydrogens is 291 g/mol. The number of carbonyl (C=O) groups is 1. The van der Waals surface area contributed by atoms with Crippen LogP contribution in [-0.2, 0) is 10.6 Å². The minimum absolute atomic E-state index is 0.0525. The van der Waals surface area contributed by atoms with Gasteiger partial charge in [0.2, 0.25) is 0 Å². The SMILES string of the molecule is CCOC(=O)c1nc(CCl)c(O)cc1OC(F)(F)F. The summed E-state index contributed by atoms with van der Waals surface area (Å²) in [5.41, 5.74) is -0.855. The number of ether oxygens (including phenoxy) is 2. The van der Waals surface area contributed by atoms with Crippen LogP contribution in [-0.4, -0.2) is 29.0 Å². The van der Waals surface area contributed by atoms with Gasteiger partial charge in [0.1, 0.15) is 5.75 Å². The largest absolute Gasteiger partial charge is 0.573 e. The molecule has 0 amide bonds. The van der Waals surface area contributed by atoms with E-state index in [0.29, 0.717) is 6.07 Å². The molecule has 0 radical (unpaired) electrons. The molecule has 19 heavy (non-hydrogen) atoms. The number of aromatic nitrogens is 1. The zero-order chi connectivity index (χ0) is 14.6. The third-order valence-electron chi connectivity index (χ3n) is 1.86. The second kappa shape index (κ2) is 5.96. The van der Waals surface area contributed by atoms with E-state index in [-0.39, 0.29) is 18.2 Å². The highest BCUT2D eigenvalue weighted by molar-refractivity contribution is 6.17. The maximum atomic E-state index is 12.2. The van der Waals surface area contributed by atoms with Gasteiger partial charge in [-0.2, -0.15) is 0 Å². The van der Waals surface area contributed by atoms with E-state index in [1.165, 1.54) is 6.92 Å². The van der Waals surface area contributed by atoms with E-state index in [0.717, 1.165) is 0 Å². The Morgan fingerprint density at radius 3 is 2.63 bits per heavy atom. The van der Waals surface area contributed by atoms with Crippen LogP contribution in [0.25, 0.3) is 0 Å². The van der Waals surface area contributed by atoms with Crippen molar-refractivity contribution < 1.29 is 32.5 Å². The van der Waals surface area contributed by atoms with E-state index in [9.17, 15) is 23.1 Å². The number of pyridine rings is 1. The summed E-state index contributed by atoms with van der Waals surface area (Å²) in [6, 6.07) is 0.616. The number of hydrogen-bond donors (Lipinski definition) is 1. The molecule has 0 atom stereocenters. The third-order valence-corrected chi connectivity index (χ3v) is 2.12. The Kier molecular flexibility index (Phi) is 4.82. The van der Waals surface area contributed by atoms with Crippen molar-refractivity contribution in [2.24, 2.45) is 0 Å². The summed E-state index contributed by atoms with van der Waals surface area (Å²) < 4.78 is 44.7. The molecular formula is C10H9ClF3NO4. The molecule has 9 heteroatoms. The fourth-order valence-electron chi connectivity index (χ4n) is 1.17. The van der Waals surface area contributed by atoms with Crippen molar-refractivity contribution in [3.8, 4) is 11.5 Å². The Bertz CT molecular complexity index is 479. The van der Waals surface area contributed by atoms with E-state index in [1.807, 2.05) is 0 Å². The van der Waals surface area contributed by atoms with Gasteiger partial charge < -0.3 is 14.6 Å². The highest BCUT2D eigenvalue weighted by Gasteiger charge is 2.34. The first-order valence-corrected chi connectivity index (χ1v) is 5.53. The molecule has 0 fully saturated rings. The summed E-state index contributed by atoms with van der Waals surface area (Å²) in [6.07, 6.45) is -5.03. The predicted molar refractivity (Wildman–Crippen MR) is 58.1 cm³/mol. The van der Waals surface area contributed by atoms with Crippen LogP contribution in [0.5, 0.6) is 11.5 Å². The number of nitrogens with zero attached hydrogens (tertiary/aromatic N) is 1.